The molecule has 0 radical (unpaired) electrons. The van der Waals surface area contributed by atoms with Gasteiger partial charge in [-0.2, -0.15) is 5.26 Å². The van der Waals surface area contributed by atoms with Crippen LogP contribution < -0.4 is 5.32 Å². The summed E-state index contributed by atoms with van der Waals surface area (Å²) in [6.45, 7) is 1.08. The number of amides is 2. The van der Waals surface area contributed by atoms with Gasteiger partial charge in [-0.1, -0.05) is 36.4 Å². The van der Waals surface area contributed by atoms with E-state index in [-0.39, 0.29) is 11.8 Å². The van der Waals surface area contributed by atoms with Crippen molar-refractivity contribution in [3.63, 3.8) is 0 Å². The molecule has 0 fully saturated rings. The summed E-state index contributed by atoms with van der Waals surface area (Å²) in [5.41, 5.74) is 3.66. The van der Waals surface area contributed by atoms with Crippen molar-refractivity contribution in [2.75, 3.05) is 11.9 Å². The van der Waals surface area contributed by atoms with E-state index < -0.39 is 11.9 Å². The van der Waals surface area contributed by atoms with Crippen molar-refractivity contribution < 1.29 is 29.4 Å². The molecule has 11 heteroatoms. The molecule has 1 aliphatic heterocycles. The molecule has 10 nitrogen and oxygen atoms in total. The highest BCUT2D eigenvalue weighted by Gasteiger charge is 2.27. The van der Waals surface area contributed by atoms with Crippen LogP contribution in [0.15, 0.2) is 67.0 Å². The molecule has 0 saturated carbocycles. The highest BCUT2D eigenvalue weighted by Crippen LogP contribution is 2.37. The van der Waals surface area contributed by atoms with Gasteiger partial charge in [0, 0.05) is 48.8 Å². The molecular formula is C29H28N4O6S. The van der Waals surface area contributed by atoms with Gasteiger partial charge in [-0.05, 0) is 42.0 Å². The highest BCUT2D eigenvalue weighted by atomic mass is 32.1. The normalized spacial score (nSPS) is 12.0. The van der Waals surface area contributed by atoms with Crippen molar-refractivity contribution in [1.29, 1.82) is 5.26 Å². The lowest BCUT2D eigenvalue weighted by Crippen LogP contribution is -2.35. The Balaban J connectivity index is 0.000000482. The fraction of sp³-hybridized carbons (Fsp3) is 0.241. The summed E-state index contributed by atoms with van der Waals surface area (Å²) in [6, 6.07) is 16.0. The quantitative estimate of drug-likeness (QED) is 0.333. The van der Waals surface area contributed by atoms with Crippen LogP contribution >= 0.6 is 11.3 Å². The Hall–Kier alpha value is -4.82. The van der Waals surface area contributed by atoms with E-state index in [0.29, 0.717) is 67.9 Å². The Morgan fingerprint density at radius 2 is 1.68 bits per heavy atom. The summed E-state index contributed by atoms with van der Waals surface area (Å²) in [7, 11) is 0. The van der Waals surface area contributed by atoms with Gasteiger partial charge in [-0.15, -0.1) is 11.3 Å². The van der Waals surface area contributed by atoms with E-state index in [4.69, 9.17) is 10.2 Å². The van der Waals surface area contributed by atoms with Gasteiger partial charge in [-0.3, -0.25) is 14.6 Å². The number of thiophene rings is 1. The lowest BCUT2D eigenvalue weighted by atomic mass is 10.0. The zero-order chi connectivity index (χ0) is 28.9. The topological polar surface area (TPSA) is 161 Å². The molecule has 4 rings (SSSR count). The molecule has 2 amide bonds. The van der Waals surface area contributed by atoms with E-state index in [1.807, 2.05) is 47.4 Å². The largest absolute Gasteiger partial charge is 0.478 e. The average molecular weight is 561 g/mol. The number of benzene rings is 1. The summed E-state index contributed by atoms with van der Waals surface area (Å²) in [6.07, 6.45) is 7.35. The first-order valence-electron chi connectivity index (χ1n) is 12.5. The molecule has 1 aromatic carbocycles. The number of carboxylic acid groups (broad SMARTS) is 2. The maximum atomic E-state index is 12.7. The zero-order valence-corrected chi connectivity index (χ0v) is 22.4. The fourth-order valence-electron chi connectivity index (χ4n) is 4.01. The fourth-order valence-corrected chi connectivity index (χ4v) is 5.24. The van der Waals surface area contributed by atoms with Crippen molar-refractivity contribution in [1.82, 2.24) is 9.88 Å². The van der Waals surface area contributed by atoms with Gasteiger partial charge in [0.2, 0.25) is 11.8 Å². The van der Waals surface area contributed by atoms with E-state index >= 15 is 0 Å². The van der Waals surface area contributed by atoms with Crippen LogP contribution in [0.25, 0.3) is 0 Å². The number of aliphatic carboxylic acids is 2. The molecule has 0 aliphatic carbocycles. The third-order valence-corrected chi connectivity index (χ3v) is 7.11. The third-order valence-electron chi connectivity index (χ3n) is 5.98. The first-order chi connectivity index (χ1) is 19.3. The smallest absolute Gasteiger partial charge is 0.328 e. The number of rotatable bonds is 9. The van der Waals surface area contributed by atoms with Crippen LogP contribution in [0, 0.1) is 11.3 Å². The second-order valence-electron chi connectivity index (χ2n) is 8.79. The molecule has 1 aliphatic rings. The van der Waals surface area contributed by atoms with Gasteiger partial charge in [0.05, 0.1) is 12.1 Å². The monoisotopic (exact) mass is 560 g/mol. The summed E-state index contributed by atoms with van der Waals surface area (Å²) in [5.74, 6) is -2.52. The van der Waals surface area contributed by atoms with Crippen LogP contribution in [0.1, 0.15) is 40.0 Å². The summed E-state index contributed by atoms with van der Waals surface area (Å²) >= 11 is 1.41. The summed E-state index contributed by atoms with van der Waals surface area (Å²) < 4.78 is 0. The molecule has 0 unspecified atom stereocenters. The second kappa shape index (κ2) is 14.9. The number of hydrogen-bond acceptors (Lipinski definition) is 7. The van der Waals surface area contributed by atoms with E-state index in [2.05, 4.69) is 16.4 Å². The molecule has 0 bridgehead atoms. The van der Waals surface area contributed by atoms with Crippen LogP contribution in [0.4, 0.5) is 5.00 Å². The predicted molar refractivity (Wildman–Crippen MR) is 149 cm³/mol. The summed E-state index contributed by atoms with van der Waals surface area (Å²) in [5, 5.41) is 28.8. The Labute approximate surface area is 235 Å². The zero-order valence-electron chi connectivity index (χ0n) is 21.6. The standard InChI is InChI=1S/C25H24N4O2S.C4H4O4/c26-15-21-20-12-14-29(24(31)11-9-19-7-4-13-27-16-19)17-22(20)32-25(21)28-23(30)10-8-18-5-2-1-3-6-18;5-3(6)1-2-4(7)8/h1-7,13,16H,8-12,14,17H2,(H,28,30);1-2H,(H,5,6)(H,7,8)/b;2-1-. The van der Waals surface area contributed by atoms with Crippen LogP contribution in [0.3, 0.4) is 0 Å². The number of nitriles is 1. The summed E-state index contributed by atoms with van der Waals surface area (Å²) in [4.78, 5) is 51.2. The number of hydrogen-bond donors (Lipinski definition) is 3. The number of pyridine rings is 1. The van der Waals surface area contributed by atoms with Crippen molar-refractivity contribution in [2.45, 2.75) is 38.6 Å². The molecule has 3 heterocycles. The highest BCUT2D eigenvalue weighted by molar-refractivity contribution is 7.16. The third kappa shape index (κ3) is 9.18. The number of anilines is 1. The van der Waals surface area contributed by atoms with E-state index in [0.717, 1.165) is 21.6 Å². The first kappa shape index (κ1) is 29.7. The van der Waals surface area contributed by atoms with Crippen LogP contribution in [-0.4, -0.2) is 50.4 Å². The molecule has 3 N–H and O–H groups in total. The number of carbonyl (C=O) groups is 4. The molecule has 0 saturated heterocycles. The molecule has 206 valence electrons. The number of carboxylic acids is 2. The number of nitrogens with one attached hydrogen (secondary N) is 1. The first-order valence-corrected chi connectivity index (χ1v) is 13.3. The minimum atomic E-state index is -1.26. The number of fused-ring (bicyclic) bond motifs is 1. The molecule has 0 atom stereocenters. The van der Waals surface area contributed by atoms with Crippen molar-refractivity contribution >= 4 is 40.1 Å². The molecule has 40 heavy (non-hydrogen) atoms. The van der Waals surface area contributed by atoms with Gasteiger partial charge in [0.1, 0.15) is 11.1 Å². The van der Waals surface area contributed by atoms with Crippen molar-refractivity contribution in [3.8, 4) is 6.07 Å². The maximum absolute atomic E-state index is 12.7. The second-order valence-corrected chi connectivity index (χ2v) is 9.90. The van der Waals surface area contributed by atoms with Gasteiger partial charge in [0.25, 0.3) is 0 Å². The van der Waals surface area contributed by atoms with Gasteiger partial charge in [0.15, 0.2) is 0 Å². The number of aromatic nitrogens is 1. The van der Waals surface area contributed by atoms with Crippen molar-refractivity contribution in [3.05, 3.63) is 94.1 Å². The van der Waals surface area contributed by atoms with E-state index in [1.54, 1.807) is 12.4 Å². The van der Waals surface area contributed by atoms with Gasteiger partial charge >= 0.3 is 11.9 Å². The molecule has 3 aromatic rings. The maximum Gasteiger partial charge on any atom is 0.328 e. The predicted octanol–water partition coefficient (Wildman–Crippen LogP) is 3.82. The minimum Gasteiger partial charge on any atom is -0.478 e. The lowest BCUT2D eigenvalue weighted by Gasteiger charge is -2.27. The SMILES string of the molecule is N#Cc1c(NC(=O)CCc2ccccc2)sc2c1CCN(C(=O)CCc1cccnc1)C2.O=C(O)/C=C\C(=O)O. The van der Waals surface area contributed by atoms with E-state index in [1.165, 1.54) is 11.3 Å². The van der Waals surface area contributed by atoms with Crippen LogP contribution in [0.2, 0.25) is 0 Å². The van der Waals surface area contributed by atoms with E-state index in [9.17, 15) is 24.4 Å². The molecular weight excluding hydrogens is 532 g/mol. The Morgan fingerprint density at radius 1 is 1.00 bits per heavy atom. The Kier molecular flexibility index (Phi) is 11.1. The minimum absolute atomic E-state index is 0.0971. The van der Waals surface area contributed by atoms with Crippen LogP contribution in [-0.2, 0) is 45.0 Å². The lowest BCUT2D eigenvalue weighted by molar-refractivity contribution is -0.134. The van der Waals surface area contributed by atoms with Crippen molar-refractivity contribution in [2.24, 2.45) is 0 Å². The Morgan fingerprint density at radius 3 is 2.30 bits per heavy atom. The molecule has 0 spiro atoms. The molecule has 2 aromatic heterocycles. The van der Waals surface area contributed by atoms with Gasteiger partial charge in [-0.25, -0.2) is 9.59 Å². The Bertz CT molecular complexity index is 1400. The number of aryl methyl sites for hydroxylation is 2. The average Bonchev–Trinajstić information content (AvgIpc) is 3.31. The number of nitrogens with zero attached hydrogens (tertiary/aromatic N) is 3. The van der Waals surface area contributed by atoms with Gasteiger partial charge < -0.3 is 20.4 Å². The number of carbonyl (C=O) groups excluding carboxylic acids is 2. The van der Waals surface area contributed by atoms with Crippen LogP contribution in [0.5, 0.6) is 0 Å².